The van der Waals surface area contributed by atoms with Gasteiger partial charge in [-0.1, -0.05) is 45.1 Å². The van der Waals surface area contributed by atoms with Crippen LogP contribution in [0, 0.1) is 0 Å². The topological polar surface area (TPSA) is 37.4 Å². The van der Waals surface area contributed by atoms with Gasteiger partial charge in [-0.2, -0.15) is 0 Å². The molecule has 0 atom stereocenters. The summed E-state index contributed by atoms with van der Waals surface area (Å²) in [7, 11) is 0. The van der Waals surface area contributed by atoms with Gasteiger partial charge in [0.1, 0.15) is 0 Å². The van der Waals surface area contributed by atoms with E-state index in [1.807, 2.05) is 0 Å². The van der Waals surface area contributed by atoms with Crippen LogP contribution in [0.1, 0.15) is 47.9 Å². The van der Waals surface area contributed by atoms with Crippen LogP contribution >= 0.6 is 24.0 Å². The Morgan fingerprint density at radius 1 is 1.15 bits per heavy atom. The molecule has 106 valence electrons. The third-order valence-corrected chi connectivity index (χ3v) is 4.34. The summed E-state index contributed by atoms with van der Waals surface area (Å²) in [6.07, 6.45) is 0.558. The molecule has 1 aliphatic rings. The molecule has 20 heavy (non-hydrogen) atoms. The van der Waals surface area contributed by atoms with Crippen LogP contribution in [-0.4, -0.2) is 32.2 Å². The van der Waals surface area contributed by atoms with E-state index in [1.165, 1.54) is 4.90 Å². The molecular weight excluding hydrogens is 290 g/mol. The molecule has 1 aromatic rings. The molecule has 1 aliphatic heterocycles. The molecule has 1 heterocycles. The molecule has 5 heteroatoms. The molecule has 0 saturated carbocycles. The predicted octanol–water partition coefficient (Wildman–Crippen LogP) is 3.53. The minimum Gasteiger partial charge on any atom is -0.274 e. The fraction of sp³-hybridized carbons (Fsp3) is 0.400. The minimum atomic E-state index is -0.214. The monoisotopic (exact) mass is 307 g/mol. The molecule has 0 bridgehead atoms. The van der Waals surface area contributed by atoms with Crippen LogP contribution < -0.4 is 0 Å². The van der Waals surface area contributed by atoms with Crippen molar-refractivity contribution in [3.63, 3.8) is 0 Å². The summed E-state index contributed by atoms with van der Waals surface area (Å²) in [6, 6.07) is 6.93. The first kappa shape index (κ1) is 15.2. The SMILES string of the molecule is CC(C)(C)SC(=S)CCN1C(=O)c2ccccc2C1=O. The molecule has 0 N–H and O–H groups in total. The van der Waals surface area contributed by atoms with Gasteiger partial charge >= 0.3 is 0 Å². The molecule has 1 aromatic carbocycles. The van der Waals surface area contributed by atoms with E-state index in [2.05, 4.69) is 20.8 Å². The van der Waals surface area contributed by atoms with Crippen LogP contribution in [0.2, 0.25) is 0 Å². The highest BCUT2D eigenvalue weighted by Gasteiger charge is 2.34. The van der Waals surface area contributed by atoms with Gasteiger partial charge in [-0.15, -0.1) is 11.8 Å². The van der Waals surface area contributed by atoms with Crippen molar-refractivity contribution in [2.75, 3.05) is 6.54 Å². The first-order chi connectivity index (χ1) is 9.29. The molecule has 2 amide bonds. The molecule has 0 fully saturated rings. The molecule has 0 radical (unpaired) electrons. The Morgan fingerprint density at radius 3 is 2.10 bits per heavy atom. The predicted molar refractivity (Wildman–Crippen MR) is 86.4 cm³/mol. The second-order valence-corrected chi connectivity index (χ2v) is 8.32. The lowest BCUT2D eigenvalue weighted by molar-refractivity contribution is 0.0659. The van der Waals surface area contributed by atoms with Gasteiger partial charge in [0.25, 0.3) is 11.8 Å². The van der Waals surface area contributed by atoms with Crippen molar-refractivity contribution in [2.45, 2.75) is 31.9 Å². The van der Waals surface area contributed by atoms with Crippen molar-refractivity contribution in [3.05, 3.63) is 35.4 Å². The Labute approximate surface area is 128 Å². The number of nitrogens with zero attached hydrogens (tertiary/aromatic N) is 1. The van der Waals surface area contributed by atoms with Crippen molar-refractivity contribution in [2.24, 2.45) is 0 Å². The standard InChI is InChI=1S/C15H17NO2S2/c1-15(2,3)20-12(19)8-9-16-13(17)10-6-4-5-7-11(10)14(16)18/h4-7H,8-9H2,1-3H3. The van der Waals surface area contributed by atoms with E-state index in [9.17, 15) is 9.59 Å². The maximum Gasteiger partial charge on any atom is 0.261 e. The number of benzene rings is 1. The van der Waals surface area contributed by atoms with Crippen molar-refractivity contribution in [3.8, 4) is 0 Å². The van der Waals surface area contributed by atoms with E-state index in [0.29, 0.717) is 24.1 Å². The summed E-state index contributed by atoms with van der Waals surface area (Å²) in [6.45, 7) is 6.62. The number of thiocarbonyl (C=S) groups is 1. The zero-order valence-corrected chi connectivity index (χ0v) is 13.4. The van der Waals surface area contributed by atoms with Crippen molar-refractivity contribution >= 4 is 40.0 Å². The Morgan fingerprint density at radius 2 is 1.65 bits per heavy atom. The molecule has 0 unspecified atom stereocenters. The maximum atomic E-state index is 12.2. The summed E-state index contributed by atoms with van der Waals surface area (Å²) in [5, 5.41) is 0. The summed E-state index contributed by atoms with van der Waals surface area (Å²) in [5.41, 5.74) is 0.985. The number of fused-ring (bicyclic) bond motifs is 1. The maximum absolute atomic E-state index is 12.2. The van der Waals surface area contributed by atoms with Crippen LogP contribution in [-0.2, 0) is 0 Å². The molecule has 0 aromatic heterocycles. The largest absolute Gasteiger partial charge is 0.274 e. The zero-order chi connectivity index (χ0) is 14.9. The second kappa shape index (κ2) is 5.66. The normalized spacial score (nSPS) is 14.7. The van der Waals surface area contributed by atoms with Crippen LogP contribution in [0.4, 0.5) is 0 Å². The number of amides is 2. The Balaban J connectivity index is 2.01. The highest BCUT2D eigenvalue weighted by Crippen LogP contribution is 2.27. The van der Waals surface area contributed by atoms with Gasteiger partial charge in [0.15, 0.2) is 0 Å². The van der Waals surface area contributed by atoms with E-state index >= 15 is 0 Å². The second-order valence-electron chi connectivity index (χ2n) is 5.64. The number of hydrogen-bond donors (Lipinski definition) is 0. The third kappa shape index (κ3) is 3.27. The van der Waals surface area contributed by atoms with Gasteiger partial charge < -0.3 is 0 Å². The average molecular weight is 307 g/mol. The summed E-state index contributed by atoms with van der Waals surface area (Å²) in [5.74, 6) is -0.427. The minimum absolute atomic E-state index is 0.0546. The van der Waals surface area contributed by atoms with Crippen molar-refractivity contribution < 1.29 is 9.59 Å². The number of hydrogen-bond acceptors (Lipinski definition) is 4. The molecular formula is C15H17NO2S2. The zero-order valence-electron chi connectivity index (χ0n) is 11.8. The van der Waals surface area contributed by atoms with Crippen molar-refractivity contribution in [1.82, 2.24) is 4.90 Å². The highest BCUT2D eigenvalue weighted by atomic mass is 32.2. The third-order valence-electron chi connectivity index (χ3n) is 2.84. The van der Waals surface area contributed by atoms with Crippen molar-refractivity contribution in [1.29, 1.82) is 0 Å². The lowest BCUT2D eigenvalue weighted by atomic mass is 10.1. The Hall–Kier alpha value is -1.20. The summed E-state index contributed by atoms with van der Waals surface area (Å²) >= 11 is 6.92. The average Bonchev–Trinajstić information content (AvgIpc) is 2.59. The van der Waals surface area contributed by atoms with Gasteiger partial charge in [0.05, 0.1) is 15.3 Å². The molecule has 3 nitrogen and oxygen atoms in total. The van der Waals surface area contributed by atoms with Crippen LogP contribution in [0.15, 0.2) is 24.3 Å². The first-order valence-corrected chi connectivity index (χ1v) is 7.69. The van der Waals surface area contributed by atoms with E-state index in [-0.39, 0.29) is 16.6 Å². The molecule has 0 spiro atoms. The van der Waals surface area contributed by atoms with E-state index in [1.54, 1.807) is 36.0 Å². The lowest BCUT2D eigenvalue weighted by Crippen LogP contribution is -2.31. The number of carbonyl (C=O) groups excluding carboxylic acids is 2. The molecule has 0 saturated heterocycles. The Kier molecular flexibility index (Phi) is 4.30. The van der Waals surface area contributed by atoms with E-state index in [0.717, 1.165) is 4.20 Å². The highest BCUT2D eigenvalue weighted by molar-refractivity contribution is 8.23. The smallest absolute Gasteiger partial charge is 0.261 e. The van der Waals surface area contributed by atoms with Crippen LogP contribution in [0.3, 0.4) is 0 Å². The Bertz CT molecular complexity index is 540. The lowest BCUT2D eigenvalue weighted by Gasteiger charge is -2.19. The molecule has 2 rings (SSSR count). The van der Waals surface area contributed by atoms with Gasteiger partial charge in [0.2, 0.25) is 0 Å². The number of carbonyl (C=O) groups is 2. The fourth-order valence-corrected chi connectivity index (χ4v) is 3.76. The molecule has 0 aliphatic carbocycles. The van der Waals surface area contributed by atoms with Gasteiger partial charge in [-0.05, 0) is 12.1 Å². The number of rotatable bonds is 3. The summed E-state index contributed by atoms with van der Waals surface area (Å²) < 4.78 is 0.882. The fourth-order valence-electron chi connectivity index (χ4n) is 2.04. The quantitative estimate of drug-likeness (QED) is 0.632. The number of thioether (sulfide) groups is 1. The van der Waals surface area contributed by atoms with Gasteiger partial charge in [-0.3, -0.25) is 14.5 Å². The van der Waals surface area contributed by atoms with E-state index in [4.69, 9.17) is 12.2 Å². The number of imide groups is 1. The van der Waals surface area contributed by atoms with Crippen LogP contribution in [0.25, 0.3) is 0 Å². The van der Waals surface area contributed by atoms with Gasteiger partial charge in [-0.25, -0.2) is 0 Å². The summed E-state index contributed by atoms with van der Waals surface area (Å²) in [4.78, 5) is 25.6. The van der Waals surface area contributed by atoms with Gasteiger partial charge in [0, 0.05) is 17.7 Å². The van der Waals surface area contributed by atoms with E-state index < -0.39 is 0 Å². The van der Waals surface area contributed by atoms with Crippen LogP contribution in [0.5, 0.6) is 0 Å². The first-order valence-electron chi connectivity index (χ1n) is 6.46.